The number of benzene rings is 2. The molecule has 2 aromatic rings. The lowest BCUT2D eigenvalue weighted by atomic mass is 10.0. The van der Waals surface area contributed by atoms with E-state index < -0.39 is 35.7 Å². The molecule has 29 heavy (non-hydrogen) atoms. The Morgan fingerprint density at radius 1 is 1.21 bits per heavy atom. The number of aromatic carboxylic acids is 1. The van der Waals surface area contributed by atoms with Gasteiger partial charge in [-0.3, -0.25) is 4.79 Å². The van der Waals surface area contributed by atoms with E-state index in [0.717, 1.165) is 13.2 Å². The first-order chi connectivity index (χ1) is 13.7. The average molecular weight is 411 g/mol. The number of hydrogen-bond donors (Lipinski definition) is 2. The molecule has 1 aliphatic rings. The second-order valence-corrected chi connectivity index (χ2v) is 6.67. The van der Waals surface area contributed by atoms with Crippen LogP contribution < -0.4 is 10.1 Å². The lowest BCUT2D eigenvalue weighted by molar-refractivity contribution is -0.136. The first-order valence-electron chi connectivity index (χ1n) is 8.64. The molecule has 2 unspecified atom stereocenters. The molecule has 2 atom stereocenters. The summed E-state index contributed by atoms with van der Waals surface area (Å²) in [6.07, 6.45) is -3.47. The minimum Gasteiger partial charge on any atom is -0.496 e. The SMILES string of the molecule is COc1cc(C2CC2C(=O)Nc2ccccc2C(=O)O)ccc1C(F)(F)C(F)F. The van der Waals surface area contributed by atoms with Crippen LogP contribution in [0.3, 0.4) is 0 Å². The normalized spacial score (nSPS) is 18.4. The van der Waals surface area contributed by atoms with Gasteiger partial charge in [-0.15, -0.1) is 0 Å². The molecule has 3 rings (SSSR count). The standard InChI is InChI=1S/C20H17F4NO4/c1-29-16-8-10(6-7-14(16)20(23,24)19(21)22)12-9-13(12)17(26)25-15-5-3-2-4-11(15)18(27)28/h2-8,12-13,19H,9H2,1H3,(H,25,26)(H,27,28). The molecule has 0 heterocycles. The van der Waals surface area contributed by atoms with Crippen molar-refractivity contribution >= 4 is 17.6 Å². The largest absolute Gasteiger partial charge is 0.496 e. The van der Waals surface area contributed by atoms with Gasteiger partial charge in [-0.25, -0.2) is 13.6 Å². The van der Waals surface area contributed by atoms with E-state index >= 15 is 0 Å². The monoisotopic (exact) mass is 411 g/mol. The summed E-state index contributed by atoms with van der Waals surface area (Å²) in [7, 11) is 1.10. The van der Waals surface area contributed by atoms with Gasteiger partial charge >= 0.3 is 18.3 Å². The van der Waals surface area contributed by atoms with E-state index in [1.807, 2.05) is 0 Å². The fourth-order valence-electron chi connectivity index (χ4n) is 3.19. The molecule has 1 aliphatic carbocycles. The van der Waals surface area contributed by atoms with Gasteiger partial charge in [-0.05, 0) is 42.2 Å². The average Bonchev–Trinajstić information content (AvgIpc) is 3.48. The Labute approximate surface area is 163 Å². The number of para-hydroxylation sites is 1. The zero-order valence-electron chi connectivity index (χ0n) is 15.2. The molecule has 5 nitrogen and oxygen atoms in total. The Bertz CT molecular complexity index is 948. The molecule has 0 radical (unpaired) electrons. The lowest BCUT2D eigenvalue weighted by Crippen LogP contribution is -2.24. The van der Waals surface area contributed by atoms with Crippen molar-refractivity contribution in [3.63, 3.8) is 0 Å². The lowest BCUT2D eigenvalue weighted by Gasteiger charge is -2.19. The van der Waals surface area contributed by atoms with E-state index in [9.17, 15) is 32.3 Å². The summed E-state index contributed by atoms with van der Waals surface area (Å²) in [5, 5.41) is 11.7. The zero-order valence-corrected chi connectivity index (χ0v) is 15.2. The van der Waals surface area contributed by atoms with Crippen LogP contribution in [0.25, 0.3) is 0 Å². The topological polar surface area (TPSA) is 75.6 Å². The molecule has 0 aliphatic heterocycles. The number of carboxylic acids is 1. The van der Waals surface area contributed by atoms with Crippen molar-refractivity contribution in [2.24, 2.45) is 5.92 Å². The predicted octanol–water partition coefficient (Wildman–Crippen LogP) is 4.49. The number of anilines is 1. The van der Waals surface area contributed by atoms with Crippen LogP contribution in [0.2, 0.25) is 0 Å². The maximum atomic E-state index is 13.7. The molecular formula is C20H17F4NO4. The van der Waals surface area contributed by atoms with Crippen molar-refractivity contribution in [3.05, 3.63) is 59.2 Å². The van der Waals surface area contributed by atoms with Crippen molar-refractivity contribution in [2.75, 3.05) is 12.4 Å². The Hall–Kier alpha value is -3.10. The van der Waals surface area contributed by atoms with E-state index in [4.69, 9.17) is 4.74 Å². The number of amides is 1. The highest BCUT2D eigenvalue weighted by molar-refractivity contribution is 6.02. The molecule has 1 fully saturated rings. The summed E-state index contributed by atoms with van der Waals surface area (Å²) >= 11 is 0. The van der Waals surface area contributed by atoms with Gasteiger partial charge in [0.2, 0.25) is 5.91 Å². The van der Waals surface area contributed by atoms with Gasteiger partial charge in [-0.2, -0.15) is 8.78 Å². The first-order valence-corrected chi connectivity index (χ1v) is 8.64. The fraction of sp³-hybridized carbons (Fsp3) is 0.300. The minimum absolute atomic E-state index is 0.0571. The number of halogens is 4. The van der Waals surface area contributed by atoms with Gasteiger partial charge in [0.15, 0.2) is 0 Å². The smallest absolute Gasteiger partial charge is 0.337 e. The third-order valence-electron chi connectivity index (χ3n) is 4.83. The summed E-state index contributed by atoms with van der Waals surface area (Å²) < 4.78 is 57.5. The molecule has 1 amide bonds. The van der Waals surface area contributed by atoms with Gasteiger partial charge in [-0.1, -0.05) is 18.2 Å². The molecule has 0 bridgehead atoms. The molecule has 2 aromatic carbocycles. The molecule has 0 aromatic heterocycles. The van der Waals surface area contributed by atoms with Crippen molar-refractivity contribution in [3.8, 4) is 5.75 Å². The van der Waals surface area contributed by atoms with Crippen molar-refractivity contribution in [1.29, 1.82) is 0 Å². The number of methoxy groups -OCH3 is 1. The highest BCUT2D eigenvalue weighted by atomic mass is 19.3. The highest BCUT2D eigenvalue weighted by Gasteiger charge is 2.47. The number of carbonyl (C=O) groups excluding carboxylic acids is 1. The summed E-state index contributed by atoms with van der Waals surface area (Å²) in [6.45, 7) is 0. The van der Waals surface area contributed by atoms with Gasteiger partial charge in [0.1, 0.15) is 5.75 Å². The molecule has 1 saturated carbocycles. The van der Waals surface area contributed by atoms with Crippen LogP contribution in [0, 0.1) is 5.92 Å². The number of carbonyl (C=O) groups is 2. The van der Waals surface area contributed by atoms with E-state index in [0.29, 0.717) is 12.0 Å². The van der Waals surface area contributed by atoms with Crippen molar-refractivity contribution < 1.29 is 37.0 Å². The van der Waals surface area contributed by atoms with Gasteiger partial charge in [0, 0.05) is 5.92 Å². The molecule has 2 N–H and O–H groups in total. The van der Waals surface area contributed by atoms with Crippen molar-refractivity contribution in [2.45, 2.75) is 24.7 Å². The Morgan fingerprint density at radius 3 is 2.52 bits per heavy atom. The van der Waals surface area contributed by atoms with Crippen LogP contribution >= 0.6 is 0 Å². The Morgan fingerprint density at radius 2 is 1.90 bits per heavy atom. The molecule has 9 heteroatoms. The molecule has 154 valence electrons. The van der Waals surface area contributed by atoms with Crippen LogP contribution in [-0.4, -0.2) is 30.5 Å². The summed E-state index contributed by atoms with van der Waals surface area (Å²) in [4.78, 5) is 23.7. The Balaban J connectivity index is 1.76. The van der Waals surface area contributed by atoms with E-state index in [-0.39, 0.29) is 22.9 Å². The van der Waals surface area contributed by atoms with Gasteiger partial charge in [0.25, 0.3) is 0 Å². The molecule has 0 saturated heterocycles. The zero-order chi connectivity index (χ0) is 21.3. The number of nitrogens with one attached hydrogen (secondary N) is 1. The van der Waals surface area contributed by atoms with Gasteiger partial charge < -0.3 is 15.2 Å². The summed E-state index contributed by atoms with van der Waals surface area (Å²) in [6, 6.07) is 9.32. The van der Waals surface area contributed by atoms with E-state index in [1.54, 1.807) is 6.07 Å². The van der Waals surface area contributed by atoms with Crippen LogP contribution in [-0.2, 0) is 10.7 Å². The van der Waals surface area contributed by atoms with Crippen LogP contribution in [0.1, 0.15) is 33.8 Å². The second kappa shape index (κ2) is 7.73. The van der Waals surface area contributed by atoms with Gasteiger partial charge in [0.05, 0.1) is 23.9 Å². The predicted molar refractivity (Wildman–Crippen MR) is 95.8 cm³/mol. The Kier molecular flexibility index (Phi) is 5.50. The van der Waals surface area contributed by atoms with Crippen molar-refractivity contribution in [1.82, 2.24) is 0 Å². The highest BCUT2D eigenvalue weighted by Crippen LogP contribution is 2.50. The fourth-order valence-corrected chi connectivity index (χ4v) is 3.19. The minimum atomic E-state index is -4.36. The van der Waals surface area contributed by atoms with Crippen LogP contribution in [0.5, 0.6) is 5.75 Å². The van der Waals surface area contributed by atoms with Crippen LogP contribution in [0.4, 0.5) is 23.2 Å². The summed E-state index contributed by atoms with van der Waals surface area (Å²) in [5.41, 5.74) is -0.323. The second-order valence-electron chi connectivity index (χ2n) is 6.67. The number of rotatable bonds is 7. The quantitative estimate of drug-likeness (QED) is 0.659. The third kappa shape index (κ3) is 4.03. The van der Waals surface area contributed by atoms with Crippen LogP contribution in [0.15, 0.2) is 42.5 Å². The summed E-state index contributed by atoms with van der Waals surface area (Å²) in [5.74, 6) is -7.14. The number of carboxylic acid groups (broad SMARTS) is 1. The van der Waals surface area contributed by atoms with E-state index in [2.05, 4.69) is 5.32 Å². The first kappa shape index (κ1) is 20.6. The maximum absolute atomic E-state index is 13.7. The maximum Gasteiger partial charge on any atom is 0.337 e. The molecular weight excluding hydrogens is 394 g/mol. The number of alkyl halides is 4. The number of hydrogen-bond acceptors (Lipinski definition) is 3. The third-order valence-corrected chi connectivity index (χ3v) is 4.83. The van der Waals surface area contributed by atoms with E-state index in [1.165, 1.54) is 30.3 Å². The number of ether oxygens (including phenoxy) is 1. The molecule has 0 spiro atoms.